The van der Waals surface area contributed by atoms with Crippen molar-refractivity contribution < 1.29 is 4.79 Å². The van der Waals surface area contributed by atoms with Crippen LogP contribution in [0.25, 0.3) is 10.7 Å². The molecule has 0 unspecified atom stereocenters. The Hall–Kier alpha value is -2.87. The summed E-state index contributed by atoms with van der Waals surface area (Å²) < 4.78 is 0. The first kappa shape index (κ1) is 17.5. The van der Waals surface area contributed by atoms with E-state index < -0.39 is 11.5 Å². The number of thiophene rings is 1. The minimum Gasteiger partial charge on any atom is -0.345 e. The lowest BCUT2D eigenvalue weighted by atomic mass is 9.95. The molecule has 3 heterocycles. The molecule has 0 spiro atoms. The number of H-pyrrole nitrogens is 1. The van der Waals surface area contributed by atoms with Crippen LogP contribution in [-0.2, 0) is 19.4 Å². The molecule has 0 saturated heterocycles. The van der Waals surface area contributed by atoms with Crippen molar-refractivity contribution >= 4 is 17.2 Å². The van der Waals surface area contributed by atoms with Crippen molar-refractivity contribution in [2.45, 2.75) is 39.2 Å². The lowest BCUT2D eigenvalue weighted by Gasteiger charge is -2.17. The topological polar surface area (TPSA) is 101 Å². The van der Waals surface area contributed by atoms with Crippen molar-refractivity contribution in [1.82, 2.24) is 25.3 Å². The predicted octanol–water partition coefficient (Wildman–Crippen LogP) is 2.41. The Morgan fingerprint density at radius 1 is 1.30 bits per heavy atom. The lowest BCUT2D eigenvalue weighted by Crippen LogP contribution is -2.30. The van der Waals surface area contributed by atoms with Gasteiger partial charge in [-0.1, -0.05) is 6.07 Å². The number of carbonyl (C=O) groups is 1. The van der Waals surface area contributed by atoms with Crippen LogP contribution in [0.2, 0.25) is 0 Å². The minimum atomic E-state index is -0.486. The molecule has 0 radical (unpaired) electrons. The van der Waals surface area contributed by atoms with Gasteiger partial charge in [-0.05, 0) is 49.6 Å². The lowest BCUT2D eigenvalue weighted by molar-refractivity contribution is 0.0948. The van der Waals surface area contributed by atoms with Crippen LogP contribution in [0.3, 0.4) is 0 Å². The molecule has 3 aromatic heterocycles. The van der Waals surface area contributed by atoms with Crippen molar-refractivity contribution in [1.29, 1.82) is 0 Å². The molecule has 0 aliphatic heterocycles. The number of nitrogens with one attached hydrogen (secondary N) is 2. The van der Waals surface area contributed by atoms with E-state index in [1.54, 1.807) is 0 Å². The summed E-state index contributed by atoms with van der Waals surface area (Å²) in [4.78, 5) is 41.4. The molecule has 0 fully saturated rings. The normalized spacial score (nSPS) is 13.2. The Morgan fingerprint density at radius 2 is 2.15 bits per heavy atom. The molecule has 2 N–H and O–H groups in total. The van der Waals surface area contributed by atoms with Gasteiger partial charge in [-0.25, -0.2) is 15.0 Å². The SMILES string of the molecule is Cc1nc(CNC(=O)c2cnc(-c3cccs3)[nH]c2=O)nc2c1CCCC2. The zero-order valence-electron chi connectivity index (χ0n) is 14.9. The Kier molecular flexibility index (Phi) is 4.81. The fraction of sp³-hybridized carbons (Fsp3) is 0.316. The van der Waals surface area contributed by atoms with Gasteiger partial charge in [-0.3, -0.25) is 9.59 Å². The van der Waals surface area contributed by atoms with Gasteiger partial charge in [-0.15, -0.1) is 11.3 Å². The molecule has 1 aliphatic rings. The number of hydrogen-bond donors (Lipinski definition) is 2. The zero-order chi connectivity index (χ0) is 18.8. The van der Waals surface area contributed by atoms with E-state index in [4.69, 9.17) is 0 Å². The third-order valence-corrected chi connectivity index (χ3v) is 5.52. The molecule has 0 aromatic carbocycles. The molecule has 1 aliphatic carbocycles. The van der Waals surface area contributed by atoms with E-state index in [9.17, 15) is 9.59 Å². The Balaban J connectivity index is 1.48. The Labute approximate surface area is 159 Å². The molecule has 0 saturated carbocycles. The van der Waals surface area contributed by atoms with Gasteiger partial charge in [0, 0.05) is 17.6 Å². The molecule has 8 heteroatoms. The molecular formula is C19H19N5O2S. The summed E-state index contributed by atoms with van der Waals surface area (Å²) in [6.45, 7) is 2.16. The van der Waals surface area contributed by atoms with Crippen molar-refractivity contribution in [3.05, 3.63) is 62.4 Å². The number of nitrogens with zero attached hydrogens (tertiary/aromatic N) is 3. The molecule has 1 amide bonds. The summed E-state index contributed by atoms with van der Waals surface area (Å²) in [6.07, 6.45) is 5.58. The van der Waals surface area contributed by atoms with Gasteiger partial charge in [0.25, 0.3) is 11.5 Å². The molecule has 7 nitrogen and oxygen atoms in total. The average molecular weight is 381 g/mol. The Bertz CT molecular complexity index is 1040. The molecule has 27 heavy (non-hydrogen) atoms. The van der Waals surface area contributed by atoms with Crippen molar-refractivity contribution in [2.75, 3.05) is 0 Å². The van der Waals surface area contributed by atoms with Crippen LogP contribution in [0.15, 0.2) is 28.5 Å². The third kappa shape index (κ3) is 3.66. The highest BCUT2D eigenvalue weighted by Crippen LogP contribution is 2.21. The van der Waals surface area contributed by atoms with Gasteiger partial charge in [0.05, 0.1) is 11.4 Å². The maximum atomic E-state index is 12.4. The van der Waals surface area contributed by atoms with Crippen molar-refractivity contribution in [2.24, 2.45) is 0 Å². The maximum absolute atomic E-state index is 12.4. The summed E-state index contributed by atoms with van der Waals surface area (Å²) in [6, 6.07) is 3.74. The van der Waals surface area contributed by atoms with Crippen molar-refractivity contribution in [3.8, 4) is 10.7 Å². The van der Waals surface area contributed by atoms with Crippen LogP contribution in [0.5, 0.6) is 0 Å². The second-order valence-corrected chi connectivity index (χ2v) is 7.44. The maximum Gasteiger partial charge on any atom is 0.264 e. The summed E-state index contributed by atoms with van der Waals surface area (Å²) in [5, 5.41) is 4.62. The number of carbonyl (C=O) groups excluding carboxylic acids is 1. The van der Waals surface area contributed by atoms with E-state index in [1.807, 2.05) is 24.4 Å². The van der Waals surface area contributed by atoms with E-state index in [1.165, 1.54) is 29.5 Å². The number of fused-ring (bicyclic) bond motifs is 1. The second-order valence-electron chi connectivity index (χ2n) is 6.49. The number of amides is 1. The van der Waals surface area contributed by atoms with Gasteiger partial charge < -0.3 is 10.3 Å². The van der Waals surface area contributed by atoms with Crippen LogP contribution in [0.1, 0.15) is 46.0 Å². The quantitative estimate of drug-likeness (QED) is 0.723. The van der Waals surface area contributed by atoms with Gasteiger partial charge in [0.15, 0.2) is 0 Å². The minimum absolute atomic E-state index is 0.0232. The molecule has 3 aromatic rings. The highest BCUT2D eigenvalue weighted by molar-refractivity contribution is 7.13. The third-order valence-electron chi connectivity index (χ3n) is 4.64. The highest BCUT2D eigenvalue weighted by Gasteiger charge is 2.17. The van der Waals surface area contributed by atoms with Crippen LogP contribution in [0.4, 0.5) is 0 Å². The van der Waals surface area contributed by atoms with Crippen LogP contribution in [0, 0.1) is 6.92 Å². The number of aromatic amines is 1. The smallest absolute Gasteiger partial charge is 0.264 e. The standard InChI is InChI=1S/C19H19N5O2S/c1-11-12-5-2-3-6-14(12)23-16(22-11)10-21-18(25)13-9-20-17(24-19(13)26)15-7-4-8-27-15/h4,7-9H,2-3,5-6,10H2,1H3,(H,21,25)(H,20,24,26). The number of rotatable bonds is 4. The summed E-state index contributed by atoms with van der Waals surface area (Å²) >= 11 is 1.47. The molecule has 138 valence electrons. The highest BCUT2D eigenvalue weighted by atomic mass is 32.1. The van der Waals surface area contributed by atoms with Gasteiger partial charge in [0.2, 0.25) is 0 Å². The number of hydrogen-bond acceptors (Lipinski definition) is 6. The average Bonchev–Trinajstić information content (AvgIpc) is 3.21. The zero-order valence-corrected chi connectivity index (χ0v) is 15.7. The molecule has 4 rings (SSSR count). The van der Waals surface area contributed by atoms with E-state index in [0.29, 0.717) is 11.6 Å². The monoisotopic (exact) mass is 381 g/mol. The molecule has 0 bridgehead atoms. The van der Waals surface area contributed by atoms with Gasteiger partial charge >= 0.3 is 0 Å². The first-order valence-corrected chi connectivity index (χ1v) is 9.76. The van der Waals surface area contributed by atoms with Gasteiger partial charge in [0.1, 0.15) is 17.2 Å². The summed E-state index contributed by atoms with van der Waals surface area (Å²) in [5.41, 5.74) is 2.81. The van der Waals surface area contributed by atoms with Crippen LogP contribution in [-0.4, -0.2) is 25.8 Å². The van der Waals surface area contributed by atoms with E-state index in [2.05, 4.69) is 25.3 Å². The predicted molar refractivity (Wildman–Crippen MR) is 103 cm³/mol. The van der Waals surface area contributed by atoms with Crippen LogP contribution < -0.4 is 10.9 Å². The number of aromatic nitrogens is 4. The second kappa shape index (κ2) is 7.40. The molecular weight excluding hydrogens is 362 g/mol. The van der Waals surface area contributed by atoms with E-state index in [-0.39, 0.29) is 12.1 Å². The van der Waals surface area contributed by atoms with Crippen LogP contribution >= 0.6 is 11.3 Å². The largest absolute Gasteiger partial charge is 0.345 e. The van der Waals surface area contributed by atoms with E-state index >= 15 is 0 Å². The first-order valence-electron chi connectivity index (χ1n) is 8.88. The summed E-state index contributed by atoms with van der Waals surface area (Å²) in [7, 11) is 0. The number of aryl methyl sites for hydroxylation is 2. The fourth-order valence-electron chi connectivity index (χ4n) is 3.27. The molecule has 0 atom stereocenters. The summed E-state index contributed by atoms with van der Waals surface area (Å²) in [5.74, 6) is 0.543. The van der Waals surface area contributed by atoms with Crippen molar-refractivity contribution in [3.63, 3.8) is 0 Å². The first-order chi connectivity index (χ1) is 13.1. The van der Waals surface area contributed by atoms with E-state index in [0.717, 1.165) is 35.5 Å². The Morgan fingerprint density at radius 3 is 2.93 bits per heavy atom. The fourth-order valence-corrected chi connectivity index (χ4v) is 3.95. The van der Waals surface area contributed by atoms with Gasteiger partial charge in [-0.2, -0.15) is 0 Å².